The normalized spacial score (nSPS) is 21.8. The van der Waals surface area contributed by atoms with E-state index in [1.165, 1.54) is 0 Å². The summed E-state index contributed by atoms with van der Waals surface area (Å²) in [4.78, 5) is 2.19. The standard InChI is InChI=1S/C13H17N3O3S/c1-2-16(11-6-7-20(17,18)9-11)8-10-4-3-5-12-13(10)15-19-14-12/h3-5,11H,2,6-9H2,1H3/t11-/m0/s1. The first-order valence-electron chi connectivity index (χ1n) is 6.73. The van der Waals surface area contributed by atoms with E-state index in [2.05, 4.69) is 15.2 Å². The van der Waals surface area contributed by atoms with Crippen LogP contribution < -0.4 is 0 Å². The van der Waals surface area contributed by atoms with Crippen LogP contribution in [0, 0.1) is 0 Å². The van der Waals surface area contributed by atoms with Crippen molar-refractivity contribution in [2.24, 2.45) is 0 Å². The summed E-state index contributed by atoms with van der Waals surface area (Å²) in [5.74, 6) is 0.553. The quantitative estimate of drug-likeness (QED) is 0.844. The van der Waals surface area contributed by atoms with Crippen LogP contribution in [0.1, 0.15) is 18.9 Å². The van der Waals surface area contributed by atoms with Crippen molar-refractivity contribution >= 4 is 20.9 Å². The van der Waals surface area contributed by atoms with Gasteiger partial charge in [0.05, 0.1) is 11.5 Å². The third-order valence-corrected chi connectivity index (χ3v) is 5.62. The number of nitrogens with zero attached hydrogens (tertiary/aromatic N) is 3. The first-order valence-corrected chi connectivity index (χ1v) is 8.56. The summed E-state index contributed by atoms with van der Waals surface area (Å²) < 4.78 is 28.0. The molecule has 20 heavy (non-hydrogen) atoms. The summed E-state index contributed by atoms with van der Waals surface area (Å²) in [6.07, 6.45) is 0.712. The minimum atomic E-state index is -2.86. The molecular formula is C13H17N3O3S. The Bertz CT molecular complexity index is 710. The van der Waals surface area contributed by atoms with Crippen molar-refractivity contribution in [3.63, 3.8) is 0 Å². The summed E-state index contributed by atoms with van der Waals surface area (Å²) in [6.45, 7) is 3.52. The van der Waals surface area contributed by atoms with E-state index in [4.69, 9.17) is 4.63 Å². The fourth-order valence-electron chi connectivity index (χ4n) is 2.77. The van der Waals surface area contributed by atoms with Crippen LogP contribution in [-0.2, 0) is 16.4 Å². The summed E-state index contributed by atoms with van der Waals surface area (Å²) >= 11 is 0. The third-order valence-electron chi connectivity index (χ3n) is 3.87. The highest BCUT2D eigenvalue weighted by Gasteiger charge is 2.31. The van der Waals surface area contributed by atoms with Gasteiger partial charge in [0.15, 0.2) is 9.84 Å². The molecule has 1 saturated heterocycles. The van der Waals surface area contributed by atoms with Crippen molar-refractivity contribution in [2.45, 2.75) is 25.9 Å². The lowest BCUT2D eigenvalue weighted by Crippen LogP contribution is -2.35. The minimum absolute atomic E-state index is 0.0973. The zero-order valence-electron chi connectivity index (χ0n) is 11.3. The molecule has 0 aliphatic carbocycles. The Morgan fingerprint density at radius 3 is 2.95 bits per heavy atom. The van der Waals surface area contributed by atoms with Crippen molar-refractivity contribution in [3.05, 3.63) is 23.8 Å². The maximum atomic E-state index is 11.6. The summed E-state index contributed by atoms with van der Waals surface area (Å²) in [5, 5.41) is 7.76. The molecule has 3 rings (SSSR count). The predicted octanol–water partition coefficient (Wildman–Crippen LogP) is 1.23. The van der Waals surface area contributed by atoms with Gasteiger partial charge in [-0.25, -0.2) is 13.0 Å². The first kappa shape index (κ1) is 13.5. The second kappa shape index (κ2) is 5.14. The van der Waals surface area contributed by atoms with Gasteiger partial charge < -0.3 is 0 Å². The van der Waals surface area contributed by atoms with Gasteiger partial charge in [-0.15, -0.1) is 0 Å². The van der Waals surface area contributed by atoms with Crippen molar-refractivity contribution in [3.8, 4) is 0 Å². The van der Waals surface area contributed by atoms with E-state index in [1.807, 2.05) is 25.1 Å². The Morgan fingerprint density at radius 1 is 1.40 bits per heavy atom. The number of hydrogen-bond acceptors (Lipinski definition) is 6. The zero-order chi connectivity index (χ0) is 14.2. The van der Waals surface area contributed by atoms with Crippen LogP contribution in [0.2, 0.25) is 0 Å². The summed E-state index contributed by atoms with van der Waals surface area (Å²) in [6, 6.07) is 5.85. The van der Waals surface area contributed by atoms with Crippen molar-refractivity contribution in [1.29, 1.82) is 0 Å². The molecule has 2 heterocycles. The van der Waals surface area contributed by atoms with Crippen molar-refractivity contribution in [1.82, 2.24) is 15.2 Å². The van der Waals surface area contributed by atoms with Crippen LogP contribution >= 0.6 is 0 Å². The largest absolute Gasteiger partial charge is 0.295 e. The van der Waals surface area contributed by atoms with Gasteiger partial charge in [-0.05, 0) is 34.9 Å². The summed E-state index contributed by atoms with van der Waals surface area (Å²) in [5.41, 5.74) is 2.51. The van der Waals surface area contributed by atoms with Gasteiger partial charge in [-0.1, -0.05) is 19.1 Å². The lowest BCUT2D eigenvalue weighted by Gasteiger charge is -2.26. The molecule has 0 amide bonds. The number of fused-ring (bicyclic) bond motifs is 1. The van der Waals surface area contributed by atoms with E-state index in [1.54, 1.807) is 0 Å². The number of benzene rings is 1. The molecule has 0 saturated carbocycles. The molecule has 0 radical (unpaired) electrons. The van der Waals surface area contributed by atoms with Crippen LogP contribution in [0.3, 0.4) is 0 Å². The Kier molecular flexibility index (Phi) is 3.47. The molecule has 1 aromatic heterocycles. The van der Waals surface area contributed by atoms with Gasteiger partial charge in [-0.2, -0.15) is 0 Å². The highest BCUT2D eigenvalue weighted by Crippen LogP contribution is 2.22. The molecule has 7 heteroatoms. The van der Waals surface area contributed by atoms with Gasteiger partial charge in [0.25, 0.3) is 0 Å². The predicted molar refractivity (Wildman–Crippen MR) is 74.9 cm³/mol. The van der Waals surface area contributed by atoms with Crippen LogP contribution in [0.15, 0.2) is 22.8 Å². The molecule has 1 aliphatic heterocycles. The fraction of sp³-hybridized carbons (Fsp3) is 0.538. The molecule has 2 aromatic rings. The van der Waals surface area contributed by atoms with Crippen LogP contribution in [0.4, 0.5) is 0 Å². The second-order valence-corrected chi connectivity index (χ2v) is 7.40. The molecule has 108 valence electrons. The van der Waals surface area contributed by atoms with Gasteiger partial charge >= 0.3 is 0 Å². The SMILES string of the molecule is CCN(Cc1cccc2nonc12)[C@H]1CCS(=O)(=O)C1. The number of rotatable bonds is 4. The van der Waals surface area contributed by atoms with Gasteiger partial charge in [0, 0.05) is 12.6 Å². The highest BCUT2D eigenvalue weighted by molar-refractivity contribution is 7.91. The Balaban J connectivity index is 1.83. The minimum Gasteiger partial charge on any atom is -0.295 e. The van der Waals surface area contributed by atoms with Gasteiger partial charge in [-0.3, -0.25) is 4.90 Å². The molecule has 1 aliphatic rings. The topological polar surface area (TPSA) is 76.3 Å². The van der Waals surface area contributed by atoms with Crippen molar-refractivity contribution in [2.75, 3.05) is 18.1 Å². The molecule has 0 unspecified atom stereocenters. The third kappa shape index (κ3) is 2.55. The zero-order valence-corrected chi connectivity index (χ0v) is 12.1. The smallest absolute Gasteiger partial charge is 0.151 e. The molecule has 6 nitrogen and oxygen atoms in total. The average molecular weight is 295 g/mol. The second-order valence-electron chi connectivity index (χ2n) is 5.17. The number of aromatic nitrogens is 2. The Hall–Kier alpha value is -1.47. The number of sulfone groups is 1. The van der Waals surface area contributed by atoms with E-state index < -0.39 is 9.84 Å². The molecule has 1 fully saturated rings. The maximum absolute atomic E-state index is 11.6. The van der Waals surface area contributed by atoms with E-state index in [0.29, 0.717) is 18.7 Å². The number of hydrogen-bond donors (Lipinski definition) is 0. The van der Waals surface area contributed by atoms with Gasteiger partial charge in [0.1, 0.15) is 11.0 Å². The van der Waals surface area contributed by atoms with E-state index in [0.717, 1.165) is 23.1 Å². The Morgan fingerprint density at radius 2 is 2.25 bits per heavy atom. The lowest BCUT2D eigenvalue weighted by atomic mass is 10.1. The lowest BCUT2D eigenvalue weighted by molar-refractivity contribution is 0.215. The fourth-order valence-corrected chi connectivity index (χ4v) is 4.53. The highest BCUT2D eigenvalue weighted by atomic mass is 32.2. The van der Waals surface area contributed by atoms with Gasteiger partial charge in [0.2, 0.25) is 0 Å². The molecule has 0 N–H and O–H groups in total. The first-order chi connectivity index (χ1) is 9.59. The van der Waals surface area contributed by atoms with Crippen molar-refractivity contribution < 1.29 is 13.0 Å². The molecule has 0 spiro atoms. The van der Waals surface area contributed by atoms with Crippen LogP contribution in [0.25, 0.3) is 11.0 Å². The molecule has 1 aromatic carbocycles. The van der Waals surface area contributed by atoms with Crippen LogP contribution in [0.5, 0.6) is 0 Å². The molecule has 0 bridgehead atoms. The molecule has 1 atom stereocenters. The monoisotopic (exact) mass is 295 g/mol. The average Bonchev–Trinajstić information content (AvgIpc) is 3.02. The van der Waals surface area contributed by atoms with E-state index >= 15 is 0 Å². The van der Waals surface area contributed by atoms with Crippen LogP contribution in [-0.4, -0.2) is 47.7 Å². The van der Waals surface area contributed by atoms with E-state index in [-0.39, 0.29) is 11.8 Å². The Labute approximate surface area is 117 Å². The molecular weight excluding hydrogens is 278 g/mol. The maximum Gasteiger partial charge on any atom is 0.151 e. The summed E-state index contributed by atoms with van der Waals surface area (Å²) in [7, 11) is -2.86. The van der Waals surface area contributed by atoms with E-state index in [9.17, 15) is 8.42 Å².